The van der Waals surface area contributed by atoms with Crippen molar-refractivity contribution >= 4 is 23.8 Å². The molecule has 1 unspecified atom stereocenters. The minimum absolute atomic E-state index is 0.155. The zero-order valence-electron chi connectivity index (χ0n) is 28.6. The fourth-order valence-electron chi connectivity index (χ4n) is 6.57. The van der Waals surface area contributed by atoms with Crippen LogP contribution in [0.3, 0.4) is 0 Å². The van der Waals surface area contributed by atoms with Crippen molar-refractivity contribution in [1.82, 2.24) is 19.6 Å². The van der Waals surface area contributed by atoms with Gasteiger partial charge in [0.25, 0.3) is 0 Å². The van der Waals surface area contributed by atoms with Gasteiger partial charge < -0.3 is 25.1 Å². The highest BCUT2D eigenvalue weighted by Gasteiger charge is 2.43. The minimum atomic E-state index is -1.12. The van der Waals surface area contributed by atoms with Crippen LogP contribution < -0.4 is 0 Å². The van der Waals surface area contributed by atoms with E-state index in [2.05, 4.69) is 18.7 Å². The van der Waals surface area contributed by atoms with E-state index < -0.39 is 36.5 Å². The Kier molecular flexibility index (Phi) is 21.8. The molecule has 1 amide bonds. The van der Waals surface area contributed by atoms with E-state index >= 15 is 0 Å². The number of carboxylic acids is 3. The third-order valence-electron chi connectivity index (χ3n) is 9.10. The van der Waals surface area contributed by atoms with Gasteiger partial charge in [-0.1, -0.05) is 91.4 Å². The van der Waals surface area contributed by atoms with E-state index in [9.17, 15) is 34.5 Å². The second-order valence-electron chi connectivity index (χ2n) is 13.0. The first-order valence-electron chi connectivity index (χ1n) is 17.7. The van der Waals surface area contributed by atoms with Crippen molar-refractivity contribution in [2.45, 2.75) is 129 Å². The molecule has 11 heteroatoms. The van der Waals surface area contributed by atoms with Crippen molar-refractivity contribution < 1.29 is 34.5 Å². The van der Waals surface area contributed by atoms with Crippen molar-refractivity contribution in [3.8, 4) is 0 Å². The molecule has 11 nitrogen and oxygen atoms in total. The number of carbonyl (C=O) groups excluding carboxylic acids is 1. The lowest BCUT2D eigenvalue weighted by Gasteiger charge is -2.45. The Hall–Kier alpha value is -2.24. The van der Waals surface area contributed by atoms with Crippen LogP contribution in [0.2, 0.25) is 0 Å². The molecular weight excluding hydrogens is 576 g/mol. The monoisotopic (exact) mass is 640 g/mol. The molecule has 0 saturated carbocycles. The summed E-state index contributed by atoms with van der Waals surface area (Å²) in [6.45, 7) is 9.38. The highest BCUT2D eigenvalue weighted by Crippen LogP contribution is 2.28. The number of unbranched alkanes of at least 4 members (excludes halogenated alkanes) is 11. The topological polar surface area (TPSA) is 142 Å². The van der Waals surface area contributed by atoms with Crippen molar-refractivity contribution in [3.05, 3.63) is 0 Å². The summed E-state index contributed by atoms with van der Waals surface area (Å²) in [5.74, 6) is -3.06. The fraction of sp³-hybridized carbons (Fsp3) is 0.882. The van der Waals surface area contributed by atoms with Gasteiger partial charge in [0.1, 0.15) is 0 Å². The van der Waals surface area contributed by atoms with Crippen LogP contribution in [-0.4, -0.2) is 130 Å². The first kappa shape index (κ1) is 40.8. The molecule has 0 radical (unpaired) electrons. The van der Waals surface area contributed by atoms with Crippen LogP contribution in [0.5, 0.6) is 0 Å². The van der Waals surface area contributed by atoms with Crippen molar-refractivity contribution in [3.63, 3.8) is 0 Å². The van der Waals surface area contributed by atoms with E-state index in [-0.39, 0.29) is 19.0 Å². The van der Waals surface area contributed by atoms with Crippen LogP contribution in [0.1, 0.15) is 124 Å². The fourth-order valence-corrected chi connectivity index (χ4v) is 6.57. The SMILES string of the molecule is CCCCCCCCN(CCCCCCCC)C(=O)CCCCC1(N(CC(=O)O)CC(=O)O)CN(CC)CCN(CC(=O)O)C1. The molecule has 1 aliphatic heterocycles. The molecule has 0 aromatic carbocycles. The first-order chi connectivity index (χ1) is 21.6. The van der Waals surface area contributed by atoms with Crippen LogP contribution in [-0.2, 0) is 19.2 Å². The van der Waals surface area contributed by atoms with E-state index in [1.54, 1.807) is 4.90 Å². The first-order valence-corrected chi connectivity index (χ1v) is 17.7. The number of carbonyl (C=O) groups is 4. The molecule has 0 aromatic rings. The lowest BCUT2D eigenvalue weighted by molar-refractivity contribution is -0.147. The van der Waals surface area contributed by atoms with Gasteiger partial charge >= 0.3 is 17.9 Å². The van der Waals surface area contributed by atoms with Crippen molar-refractivity contribution in [2.24, 2.45) is 0 Å². The van der Waals surface area contributed by atoms with Gasteiger partial charge in [-0.15, -0.1) is 0 Å². The summed E-state index contributed by atoms with van der Waals surface area (Å²) < 4.78 is 0. The van der Waals surface area contributed by atoms with Crippen LogP contribution in [0.25, 0.3) is 0 Å². The summed E-state index contributed by atoms with van der Waals surface area (Å²) >= 11 is 0. The average Bonchev–Trinajstić information content (AvgIpc) is 3.16. The number of aliphatic carboxylic acids is 3. The van der Waals surface area contributed by atoms with Gasteiger partial charge in [-0.25, -0.2) is 0 Å². The summed E-state index contributed by atoms with van der Waals surface area (Å²) in [5.41, 5.74) is -0.877. The van der Waals surface area contributed by atoms with Crippen LogP contribution in [0, 0.1) is 0 Å². The quantitative estimate of drug-likeness (QED) is 0.105. The molecule has 1 fully saturated rings. The van der Waals surface area contributed by atoms with Gasteiger partial charge in [0, 0.05) is 51.2 Å². The lowest BCUT2D eigenvalue weighted by atomic mass is 9.88. The number of rotatable bonds is 27. The number of likely N-dealkylation sites (N-methyl/N-ethyl adjacent to an activating group) is 1. The normalized spacial score (nSPS) is 17.8. The predicted molar refractivity (Wildman–Crippen MR) is 178 cm³/mol. The molecule has 0 bridgehead atoms. The summed E-state index contributed by atoms with van der Waals surface area (Å²) in [4.78, 5) is 56.3. The molecule has 45 heavy (non-hydrogen) atoms. The molecule has 0 spiro atoms. The van der Waals surface area contributed by atoms with Gasteiger partial charge in [0.15, 0.2) is 0 Å². The van der Waals surface area contributed by atoms with Crippen LogP contribution in [0.4, 0.5) is 0 Å². The number of amides is 1. The minimum Gasteiger partial charge on any atom is -0.480 e. The maximum atomic E-state index is 13.4. The van der Waals surface area contributed by atoms with Gasteiger partial charge in [0.2, 0.25) is 5.91 Å². The molecule has 3 N–H and O–H groups in total. The van der Waals surface area contributed by atoms with E-state index in [0.717, 1.165) is 38.8 Å². The van der Waals surface area contributed by atoms with E-state index in [1.807, 2.05) is 11.8 Å². The zero-order chi connectivity index (χ0) is 33.5. The van der Waals surface area contributed by atoms with E-state index in [1.165, 1.54) is 56.3 Å². The largest absolute Gasteiger partial charge is 0.480 e. The van der Waals surface area contributed by atoms with Gasteiger partial charge in [-0.05, 0) is 32.2 Å². The summed E-state index contributed by atoms with van der Waals surface area (Å²) in [6, 6.07) is 0. The summed E-state index contributed by atoms with van der Waals surface area (Å²) in [7, 11) is 0. The second kappa shape index (κ2) is 24.0. The smallest absolute Gasteiger partial charge is 0.317 e. The van der Waals surface area contributed by atoms with E-state index in [0.29, 0.717) is 51.9 Å². The third kappa shape index (κ3) is 17.9. The summed E-state index contributed by atoms with van der Waals surface area (Å²) in [5, 5.41) is 29.0. The molecular formula is C34H64N4O7. The number of carboxylic acid groups (broad SMARTS) is 3. The second-order valence-corrected chi connectivity index (χ2v) is 13.0. The zero-order valence-corrected chi connectivity index (χ0v) is 28.6. The van der Waals surface area contributed by atoms with Crippen LogP contribution in [0.15, 0.2) is 0 Å². The molecule has 262 valence electrons. The van der Waals surface area contributed by atoms with Gasteiger partial charge in [0.05, 0.1) is 19.6 Å². The molecule has 1 rings (SSSR count). The molecule has 1 heterocycles. The van der Waals surface area contributed by atoms with Gasteiger partial charge in [-0.3, -0.25) is 29.0 Å². The Morgan fingerprint density at radius 3 is 1.60 bits per heavy atom. The molecule has 0 aliphatic carbocycles. The average molecular weight is 641 g/mol. The van der Waals surface area contributed by atoms with Crippen LogP contribution >= 0.6 is 0 Å². The molecule has 1 aliphatic rings. The third-order valence-corrected chi connectivity index (χ3v) is 9.10. The lowest BCUT2D eigenvalue weighted by Crippen LogP contribution is -2.61. The van der Waals surface area contributed by atoms with Gasteiger partial charge in [-0.2, -0.15) is 0 Å². The van der Waals surface area contributed by atoms with Crippen molar-refractivity contribution in [2.75, 3.05) is 65.4 Å². The number of hydrogen-bond acceptors (Lipinski definition) is 7. The Bertz CT molecular complexity index is 826. The predicted octanol–water partition coefficient (Wildman–Crippen LogP) is 5.03. The molecule has 1 saturated heterocycles. The maximum absolute atomic E-state index is 13.4. The Morgan fingerprint density at radius 2 is 1.11 bits per heavy atom. The highest BCUT2D eigenvalue weighted by atomic mass is 16.4. The Morgan fingerprint density at radius 1 is 0.622 bits per heavy atom. The Balaban J connectivity index is 2.98. The van der Waals surface area contributed by atoms with E-state index in [4.69, 9.17) is 0 Å². The maximum Gasteiger partial charge on any atom is 0.317 e. The number of nitrogens with zero attached hydrogens (tertiary/aromatic N) is 4. The molecule has 1 atom stereocenters. The van der Waals surface area contributed by atoms with Crippen molar-refractivity contribution in [1.29, 1.82) is 0 Å². The Labute approximate surface area is 272 Å². The number of hydrogen-bond donors (Lipinski definition) is 3. The highest BCUT2D eigenvalue weighted by molar-refractivity contribution is 5.76. The molecule has 0 aromatic heterocycles. The standard InChI is InChI=1S/C34H64N4O7/c1-4-7-9-11-13-17-21-37(22-18-14-12-10-8-5-2)30(39)19-15-16-20-34(38(26-32(42)43)27-33(44)45)28-35(6-3)23-24-36(29-34)25-31(40)41/h4-29H2,1-3H3,(H,40,41)(H,42,43)(H,44,45). The summed E-state index contributed by atoms with van der Waals surface area (Å²) in [6.07, 6.45) is 16.2.